The van der Waals surface area contributed by atoms with Gasteiger partial charge < -0.3 is 5.32 Å². The summed E-state index contributed by atoms with van der Waals surface area (Å²) in [6.45, 7) is 12.9. The SMILES string of the molecule is C#CCNCCN(CC(C)C)C(C)C. The molecule has 0 rings (SSSR count). The molecule has 0 aliphatic heterocycles. The van der Waals surface area contributed by atoms with Crippen LogP contribution in [0.2, 0.25) is 0 Å². The zero-order valence-corrected chi connectivity index (χ0v) is 10.0. The molecule has 0 spiro atoms. The highest BCUT2D eigenvalue weighted by Gasteiger charge is 2.09. The summed E-state index contributed by atoms with van der Waals surface area (Å²) >= 11 is 0. The van der Waals surface area contributed by atoms with Gasteiger partial charge in [0.25, 0.3) is 0 Å². The van der Waals surface area contributed by atoms with E-state index < -0.39 is 0 Å². The summed E-state index contributed by atoms with van der Waals surface area (Å²) in [4.78, 5) is 2.48. The fraction of sp³-hybridized carbons (Fsp3) is 0.833. The van der Waals surface area contributed by atoms with Crippen molar-refractivity contribution in [3.05, 3.63) is 0 Å². The van der Waals surface area contributed by atoms with Crippen molar-refractivity contribution >= 4 is 0 Å². The van der Waals surface area contributed by atoms with Gasteiger partial charge in [-0.1, -0.05) is 19.8 Å². The van der Waals surface area contributed by atoms with Crippen molar-refractivity contribution in [3.63, 3.8) is 0 Å². The molecule has 0 heterocycles. The summed E-state index contributed by atoms with van der Waals surface area (Å²) in [6.07, 6.45) is 5.16. The Hall–Kier alpha value is -0.520. The van der Waals surface area contributed by atoms with Gasteiger partial charge in [0, 0.05) is 25.7 Å². The smallest absolute Gasteiger partial charge is 0.0574 e. The molecule has 0 unspecified atom stereocenters. The van der Waals surface area contributed by atoms with Crippen LogP contribution >= 0.6 is 0 Å². The molecule has 0 aromatic rings. The van der Waals surface area contributed by atoms with Crippen LogP contribution < -0.4 is 5.32 Å². The van der Waals surface area contributed by atoms with Gasteiger partial charge in [-0.05, 0) is 19.8 Å². The van der Waals surface area contributed by atoms with Crippen LogP contribution in [0.3, 0.4) is 0 Å². The van der Waals surface area contributed by atoms with Crippen molar-refractivity contribution in [2.45, 2.75) is 33.7 Å². The van der Waals surface area contributed by atoms with Gasteiger partial charge in [-0.25, -0.2) is 0 Å². The molecule has 0 amide bonds. The molecule has 0 aromatic heterocycles. The van der Waals surface area contributed by atoms with Crippen LogP contribution in [0, 0.1) is 18.3 Å². The van der Waals surface area contributed by atoms with E-state index in [2.05, 4.69) is 43.8 Å². The van der Waals surface area contributed by atoms with Crippen molar-refractivity contribution in [1.82, 2.24) is 10.2 Å². The first kappa shape index (κ1) is 13.5. The van der Waals surface area contributed by atoms with Gasteiger partial charge in [-0.15, -0.1) is 6.42 Å². The number of hydrogen-bond acceptors (Lipinski definition) is 2. The third kappa shape index (κ3) is 6.94. The Bertz CT molecular complexity index is 168. The predicted molar refractivity (Wildman–Crippen MR) is 63.2 cm³/mol. The van der Waals surface area contributed by atoms with Crippen molar-refractivity contribution in [1.29, 1.82) is 0 Å². The maximum Gasteiger partial charge on any atom is 0.0574 e. The van der Waals surface area contributed by atoms with Crippen LogP contribution in [-0.4, -0.2) is 37.1 Å². The molecule has 0 radical (unpaired) electrons. The molecule has 0 aliphatic carbocycles. The molecular weight excluding hydrogens is 172 g/mol. The number of hydrogen-bond donors (Lipinski definition) is 1. The minimum absolute atomic E-state index is 0.616. The topological polar surface area (TPSA) is 15.3 Å². The first-order valence-corrected chi connectivity index (χ1v) is 5.46. The van der Waals surface area contributed by atoms with Crippen LogP contribution in [0.4, 0.5) is 0 Å². The lowest BCUT2D eigenvalue weighted by Crippen LogP contribution is -2.39. The molecule has 0 saturated carbocycles. The van der Waals surface area contributed by atoms with E-state index in [-0.39, 0.29) is 0 Å². The molecule has 1 N–H and O–H groups in total. The second-order valence-corrected chi connectivity index (χ2v) is 4.36. The normalized spacial score (nSPS) is 11.3. The fourth-order valence-electron chi connectivity index (χ4n) is 1.41. The van der Waals surface area contributed by atoms with Gasteiger partial charge >= 0.3 is 0 Å². The zero-order valence-electron chi connectivity index (χ0n) is 10.0. The third-order valence-corrected chi connectivity index (χ3v) is 2.13. The first-order valence-electron chi connectivity index (χ1n) is 5.46. The minimum Gasteiger partial charge on any atom is -0.305 e. The molecule has 0 fully saturated rings. The summed E-state index contributed by atoms with van der Waals surface area (Å²) in [5, 5.41) is 3.22. The molecule has 0 atom stereocenters. The Morgan fingerprint density at radius 1 is 1.29 bits per heavy atom. The molecule has 0 bridgehead atoms. The maximum absolute atomic E-state index is 5.16. The summed E-state index contributed by atoms with van der Waals surface area (Å²) < 4.78 is 0. The van der Waals surface area contributed by atoms with Gasteiger partial charge in [0.05, 0.1) is 6.54 Å². The maximum atomic E-state index is 5.16. The Labute approximate surface area is 89.1 Å². The molecule has 0 aromatic carbocycles. The molecule has 0 saturated heterocycles. The van der Waals surface area contributed by atoms with E-state index in [1.165, 1.54) is 0 Å². The average molecular weight is 196 g/mol. The first-order chi connectivity index (χ1) is 6.57. The molecule has 14 heavy (non-hydrogen) atoms. The van der Waals surface area contributed by atoms with Crippen LogP contribution in [0.1, 0.15) is 27.7 Å². The van der Waals surface area contributed by atoms with Crippen molar-refractivity contribution in [3.8, 4) is 12.3 Å². The highest BCUT2D eigenvalue weighted by Crippen LogP contribution is 2.02. The molecule has 82 valence electrons. The monoisotopic (exact) mass is 196 g/mol. The number of terminal acetylenes is 1. The molecule has 0 aliphatic rings. The second kappa shape index (κ2) is 7.84. The number of rotatable bonds is 7. The highest BCUT2D eigenvalue weighted by atomic mass is 15.2. The molecule has 2 nitrogen and oxygen atoms in total. The second-order valence-electron chi connectivity index (χ2n) is 4.36. The van der Waals surface area contributed by atoms with Gasteiger partial charge in [0.2, 0.25) is 0 Å². The van der Waals surface area contributed by atoms with E-state index in [0.29, 0.717) is 12.6 Å². The summed E-state index contributed by atoms with van der Waals surface area (Å²) in [5.41, 5.74) is 0. The zero-order chi connectivity index (χ0) is 11.0. The van der Waals surface area contributed by atoms with E-state index in [4.69, 9.17) is 6.42 Å². The summed E-state index contributed by atoms with van der Waals surface area (Å²) in [5.74, 6) is 3.31. The van der Waals surface area contributed by atoms with Crippen LogP contribution in [0.15, 0.2) is 0 Å². The third-order valence-electron chi connectivity index (χ3n) is 2.13. The highest BCUT2D eigenvalue weighted by molar-refractivity contribution is 4.86. The van der Waals surface area contributed by atoms with Crippen LogP contribution in [0.25, 0.3) is 0 Å². The number of nitrogens with one attached hydrogen (secondary N) is 1. The Morgan fingerprint density at radius 3 is 2.36 bits per heavy atom. The van der Waals surface area contributed by atoms with E-state index in [9.17, 15) is 0 Å². The lowest BCUT2D eigenvalue weighted by molar-refractivity contribution is 0.199. The van der Waals surface area contributed by atoms with Crippen molar-refractivity contribution in [2.24, 2.45) is 5.92 Å². The summed E-state index contributed by atoms with van der Waals surface area (Å²) in [6, 6.07) is 0.616. The number of nitrogens with zero attached hydrogens (tertiary/aromatic N) is 1. The largest absolute Gasteiger partial charge is 0.305 e. The van der Waals surface area contributed by atoms with Crippen molar-refractivity contribution < 1.29 is 0 Å². The van der Waals surface area contributed by atoms with Crippen LogP contribution in [-0.2, 0) is 0 Å². The van der Waals surface area contributed by atoms with E-state index in [0.717, 1.165) is 25.6 Å². The molecular formula is C12H24N2. The van der Waals surface area contributed by atoms with Gasteiger partial charge in [0.1, 0.15) is 0 Å². The summed E-state index contributed by atoms with van der Waals surface area (Å²) in [7, 11) is 0. The Morgan fingerprint density at radius 2 is 1.93 bits per heavy atom. The van der Waals surface area contributed by atoms with Gasteiger partial charge in [-0.2, -0.15) is 0 Å². The lowest BCUT2D eigenvalue weighted by Gasteiger charge is -2.28. The Kier molecular flexibility index (Phi) is 7.55. The van der Waals surface area contributed by atoms with E-state index >= 15 is 0 Å². The van der Waals surface area contributed by atoms with Gasteiger partial charge in [0.15, 0.2) is 0 Å². The Balaban J connectivity index is 3.69. The predicted octanol–water partition coefficient (Wildman–Crippen LogP) is 1.58. The quantitative estimate of drug-likeness (QED) is 0.491. The van der Waals surface area contributed by atoms with Crippen molar-refractivity contribution in [2.75, 3.05) is 26.2 Å². The standard InChI is InChI=1S/C12H24N2/c1-6-7-13-8-9-14(12(4)5)10-11(2)3/h1,11-13H,7-10H2,2-5H3. The van der Waals surface area contributed by atoms with Crippen LogP contribution in [0.5, 0.6) is 0 Å². The minimum atomic E-state index is 0.616. The fourth-order valence-corrected chi connectivity index (χ4v) is 1.41. The average Bonchev–Trinajstić information content (AvgIpc) is 2.09. The van der Waals surface area contributed by atoms with E-state index in [1.54, 1.807) is 0 Å². The molecule has 2 heteroatoms. The van der Waals surface area contributed by atoms with E-state index in [1.807, 2.05) is 0 Å². The van der Waals surface area contributed by atoms with Gasteiger partial charge in [-0.3, -0.25) is 4.90 Å². The lowest BCUT2D eigenvalue weighted by atomic mass is 10.2.